The summed E-state index contributed by atoms with van der Waals surface area (Å²) in [6.07, 6.45) is 0. The number of hydrogen-bond acceptors (Lipinski definition) is 5. The van der Waals surface area contributed by atoms with Gasteiger partial charge in [0.1, 0.15) is 5.75 Å². The second-order valence-corrected chi connectivity index (χ2v) is 7.18. The van der Waals surface area contributed by atoms with Crippen molar-refractivity contribution in [2.24, 2.45) is 0 Å². The summed E-state index contributed by atoms with van der Waals surface area (Å²) in [6, 6.07) is 15.9. The largest absolute Gasteiger partial charge is 0.484 e. The lowest BCUT2D eigenvalue weighted by atomic mass is 10.1. The van der Waals surface area contributed by atoms with Gasteiger partial charge in [-0.2, -0.15) is 5.10 Å². The maximum atomic E-state index is 12.8. The molecule has 0 fully saturated rings. The number of aryl methyl sites for hydroxylation is 1. The van der Waals surface area contributed by atoms with Gasteiger partial charge in [0.05, 0.1) is 22.6 Å². The Morgan fingerprint density at radius 2 is 1.65 bits per heavy atom. The maximum absolute atomic E-state index is 12.8. The molecule has 0 aliphatic heterocycles. The van der Waals surface area contributed by atoms with Gasteiger partial charge < -0.3 is 15.0 Å². The van der Waals surface area contributed by atoms with Crippen LogP contribution in [0.25, 0.3) is 5.69 Å². The van der Waals surface area contributed by atoms with Crippen LogP contribution in [0.3, 0.4) is 0 Å². The molecule has 0 saturated carbocycles. The summed E-state index contributed by atoms with van der Waals surface area (Å²) in [6.45, 7) is 3.38. The van der Waals surface area contributed by atoms with Crippen molar-refractivity contribution in [1.29, 1.82) is 0 Å². The fraction of sp³-hybridized carbons (Fsp3) is 0.217. The van der Waals surface area contributed by atoms with E-state index in [-0.39, 0.29) is 18.1 Å². The van der Waals surface area contributed by atoms with Gasteiger partial charge in [-0.05, 0) is 50.2 Å². The number of carbonyl (C=O) groups is 3. The summed E-state index contributed by atoms with van der Waals surface area (Å²) in [7, 11) is 3.29. The van der Waals surface area contributed by atoms with Crippen LogP contribution in [-0.2, 0) is 9.59 Å². The van der Waals surface area contributed by atoms with Crippen molar-refractivity contribution in [3.05, 3.63) is 71.5 Å². The smallest absolute Gasteiger partial charge is 0.296 e. The normalized spacial score (nSPS) is 10.5. The first-order chi connectivity index (χ1) is 14.8. The number of para-hydroxylation sites is 1. The minimum absolute atomic E-state index is 0.0822. The third kappa shape index (κ3) is 4.98. The highest BCUT2D eigenvalue weighted by molar-refractivity contribution is 6.47. The van der Waals surface area contributed by atoms with Crippen molar-refractivity contribution in [2.45, 2.75) is 13.8 Å². The van der Waals surface area contributed by atoms with Crippen LogP contribution >= 0.6 is 0 Å². The molecule has 1 heterocycles. The Bertz CT molecular complexity index is 1100. The van der Waals surface area contributed by atoms with Gasteiger partial charge in [-0.1, -0.05) is 18.2 Å². The molecule has 8 nitrogen and oxygen atoms in total. The van der Waals surface area contributed by atoms with Crippen molar-refractivity contribution in [3.63, 3.8) is 0 Å². The molecular formula is C23H24N4O4. The van der Waals surface area contributed by atoms with E-state index in [0.717, 1.165) is 5.69 Å². The van der Waals surface area contributed by atoms with Crippen LogP contribution < -0.4 is 10.1 Å². The van der Waals surface area contributed by atoms with Crippen LogP contribution in [0.2, 0.25) is 0 Å². The molecule has 31 heavy (non-hydrogen) atoms. The quantitative estimate of drug-likeness (QED) is 0.469. The molecule has 2 aromatic carbocycles. The second-order valence-electron chi connectivity index (χ2n) is 7.18. The van der Waals surface area contributed by atoms with Gasteiger partial charge in [-0.3, -0.25) is 14.4 Å². The summed E-state index contributed by atoms with van der Waals surface area (Å²) < 4.78 is 7.05. The summed E-state index contributed by atoms with van der Waals surface area (Å²) in [5.74, 6) is -1.09. The molecule has 8 heteroatoms. The highest BCUT2D eigenvalue weighted by Gasteiger charge is 2.25. The third-order valence-electron chi connectivity index (χ3n) is 4.70. The first-order valence-corrected chi connectivity index (χ1v) is 9.68. The predicted octanol–water partition coefficient (Wildman–Crippen LogP) is 2.78. The molecule has 0 aliphatic carbocycles. The Morgan fingerprint density at radius 3 is 2.26 bits per heavy atom. The molecule has 0 radical (unpaired) electrons. The highest BCUT2D eigenvalue weighted by atomic mass is 16.5. The molecule has 160 valence electrons. The number of amides is 2. The van der Waals surface area contributed by atoms with E-state index in [9.17, 15) is 14.4 Å². The van der Waals surface area contributed by atoms with Crippen LogP contribution in [0.4, 0.5) is 5.69 Å². The van der Waals surface area contributed by atoms with Crippen LogP contribution in [-0.4, -0.2) is 53.0 Å². The topological polar surface area (TPSA) is 93.5 Å². The number of hydrogen-bond donors (Lipinski definition) is 1. The Morgan fingerprint density at radius 1 is 1.00 bits per heavy atom. The number of likely N-dealkylation sites (N-methyl/N-ethyl adjacent to an activating group) is 1. The lowest BCUT2D eigenvalue weighted by Gasteiger charge is -2.11. The van der Waals surface area contributed by atoms with Gasteiger partial charge >= 0.3 is 0 Å². The van der Waals surface area contributed by atoms with Gasteiger partial charge in [-0.15, -0.1) is 0 Å². The Kier molecular flexibility index (Phi) is 6.49. The molecule has 1 N–H and O–H groups in total. The first kappa shape index (κ1) is 21.8. The van der Waals surface area contributed by atoms with Gasteiger partial charge in [0.25, 0.3) is 17.6 Å². The number of nitrogens with zero attached hydrogens (tertiary/aromatic N) is 3. The lowest BCUT2D eigenvalue weighted by molar-refractivity contribution is -0.130. The summed E-state index contributed by atoms with van der Waals surface area (Å²) in [5.41, 5.74) is 2.61. The number of benzene rings is 2. The SMILES string of the molecule is Cc1nn(-c2ccccc2)c(C)c1C(=O)C(=O)Nc1ccc(OCC(=O)N(C)C)cc1. The van der Waals surface area contributed by atoms with Crippen LogP contribution in [0.1, 0.15) is 21.7 Å². The van der Waals surface area contributed by atoms with E-state index in [1.165, 1.54) is 4.90 Å². The zero-order chi connectivity index (χ0) is 22.5. The summed E-state index contributed by atoms with van der Waals surface area (Å²) in [4.78, 5) is 38.4. The third-order valence-corrected chi connectivity index (χ3v) is 4.70. The monoisotopic (exact) mass is 420 g/mol. The molecule has 0 atom stereocenters. The van der Waals surface area contributed by atoms with Gasteiger partial charge in [0, 0.05) is 19.8 Å². The number of carbonyl (C=O) groups excluding carboxylic acids is 3. The van der Waals surface area contributed by atoms with E-state index in [1.54, 1.807) is 56.9 Å². The maximum Gasteiger partial charge on any atom is 0.296 e. The number of anilines is 1. The highest BCUT2D eigenvalue weighted by Crippen LogP contribution is 2.20. The van der Waals surface area contributed by atoms with Crippen molar-refractivity contribution < 1.29 is 19.1 Å². The van der Waals surface area contributed by atoms with Crippen LogP contribution in [0.5, 0.6) is 5.75 Å². The van der Waals surface area contributed by atoms with Crippen LogP contribution in [0.15, 0.2) is 54.6 Å². The molecule has 1 aromatic heterocycles. The zero-order valence-electron chi connectivity index (χ0n) is 17.9. The van der Waals surface area contributed by atoms with Crippen molar-refractivity contribution in [1.82, 2.24) is 14.7 Å². The summed E-state index contributed by atoms with van der Waals surface area (Å²) >= 11 is 0. The van der Waals surface area contributed by atoms with E-state index in [1.807, 2.05) is 30.3 Å². The number of ether oxygens (including phenoxy) is 1. The average molecular weight is 420 g/mol. The molecule has 0 saturated heterocycles. The average Bonchev–Trinajstić information content (AvgIpc) is 3.06. The molecule has 0 bridgehead atoms. The number of nitrogens with one attached hydrogen (secondary N) is 1. The van der Waals surface area contributed by atoms with Gasteiger partial charge in [0.15, 0.2) is 6.61 Å². The second kappa shape index (κ2) is 9.25. The fourth-order valence-corrected chi connectivity index (χ4v) is 3.00. The fourth-order valence-electron chi connectivity index (χ4n) is 3.00. The van der Waals surface area contributed by atoms with E-state index in [2.05, 4.69) is 10.4 Å². The van der Waals surface area contributed by atoms with Crippen LogP contribution in [0, 0.1) is 13.8 Å². The van der Waals surface area contributed by atoms with Crippen molar-refractivity contribution in [3.8, 4) is 11.4 Å². The molecule has 2 amide bonds. The molecule has 3 rings (SSSR count). The standard InChI is InChI=1S/C23H24N4O4/c1-15-21(16(2)27(25-15)18-8-6-5-7-9-18)22(29)23(30)24-17-10-12-19(13-11-17)31-14-20(28)26(3)4/h5-13H,14H2,1-4H3,(H,24,30). The van der Waals surface area contributed by atoms with Crippen molar-refractivity contribution in [2.75, 3.05) is 26.0 Å². The van der Waals surface area contributed by atoms with E-state index in [0.29, 0.717) is 22.8 Å². The number of rotatable bonds is 7. The van der Waals surface area contributed by atoms with E-state index in [4.69, 9.17) is 4.74 Å². The van der Waals surface area contributed by atoms with Gasteiger partial charge in [0.2, 0.25) is 0 Å². The van der Waals surface area contributed by atoms with Crippen molar-refractivity contribution >= 4 is 23.3 Å². The zero-order valence-corrected chi connectivity index (χ0v) is 17.9. The lowest BCUT2D eigenvalue weighted by Crippen LogP contribution is -2.27. The molecule has 0 aliphatic rings. The number of ketones is 1. The summed E-state index contributed by atoms with van der Waals surface area (Å²) in [5, 5.41) is 7.02. The molecular weight excluding hydrogens is 396 g/mol. The Labute approximate surface area is 180 Å². The minimum atomic E-state index is -0.754. The number of aromatic nitrogens is 2. The Balaban J connectivity index is 1.69. The first-order valence-electron chi connectivity index (χ1n) is 9.68. The molecule has 3 aromatic rings. The predicted molar refractivity (Wildman–Crippen MR) is 117 cm³/mol. The van der Waals surface area contributed by atoms with E-state index >= 15 is 0 Å². The molecule has 0 unspecified atom stereocenters. The van der Waals surface area contributed by atoms with Gasteiger partial charge in [-0.25, -0.2) is 4.68 Å². The molecule has 0 spiro atoms. The number of Topliss-reactive ketones (excluding diaryl/α,β-unsaturated/α-hetero) is 1. The Hall–Kier alpha value is -3.94. The minimum Gasteiger partial charge on any atom is -0.484 e. The van der Waals surface area contributed by atoms with E-state index < -0.39 is 11.7 Å².